The number of aromatic amines is 1. The van der Waals surface area contributed by atoms with Crippen molar-refractivity contribution in [3.8, 4) is 0 Å². The minimum Gasteiger partial charge on any atom is -0.336 e. The van der Waals surface area contributed by atoms with Crippen molar-refractivity contribution in [1.82, 2.24) is 24.6 Å². The highest BCUT2D eigenvalue weighted by Crippen LogP contribution is 2.35. The molecule has 10 heteroatoms. The highest BCUT2D eigenvalue weighted by atomic mass is 19.4. The molecule has 0 spiro atoms. The number of nitrogens with one attached hydrogen (secondary N) is 1. The number of aromatic nitrogens is 3. The van der Waals surface area contributed by atoms with Gasteiger partial charge in [0.25, 0.3) is 11.5 Å². The number of fused-ring (bicyclic) bond motifs is 3. The van der Waals surface area contributed by atoms with Crippen LogP contribution in [0.1, 0.15) is 54.6 Å². The van der Waals surface area contributed by atoms with Crippen LogP contribution in [0.4, 0.5) is 13.2 Å². The average Bonchev–Trinajstić information content (AvgIpc) is 3.20. The van der Waals surface area contributed by atoms with Crippen molar-refractivity contribution in [1.29, 1.82) is 0 Å². The quantitative estimate of drug-likeness (QED) is 0.608. The summed E-state index contributed by atoms with van der Waals surface area (Å²) in [7, 11) is 0. The zero-order valence-corrected chi connectivity index (χ0v) is 19.1. The van der Waals surface area contributed by atoms with E-state index in [2.05, 4.69) is 10.1 Å². The summed E-state index contributed by atoms with van der Waals surface area (Å²) in [5, 5.41) is 5.80. The molecule has 1 saturated heterocycles. The Hall–Kier alpha value is -2.88. The van der Waals surface area contributed by atoms with Crippen LogP contribution in [0.5, 0.6) is 0 Å². The average molecular weight is 476 g/mol. The molecule has 1 amide bonds. The van der Waals surface area contributed by atoms with Gasteiger partial charge in [-0.15, -0.1) is 0 Å². The minimum atomic E-state index is -4.17. The molecule has 1 aliphatic carbocycles. The molecule has 1 N–H and O–H groups in total. The van der Waals surface area contributed by atoms with Gasteiger partial charge in [-0.3, -0.25) is 19.2 Å². The van der Waals surface area contributed by atoms with Crippen LogP contribution >= 0.6 is 0 Å². The molecule has 0 unspecified atom stereocenters. The van der Waals surface area contributed by atoms with Crippen molar-refractivity contribution in [3.05, 3.63) is 39.8 Å². The first-order valence-electron chi connectivity index (χ1n) is 11.9. The lowest BCUT2D eigenvalue weighted by Crippen LogP contribution is -2.49. The molecule has 3 aromatic rings. The van der Waals surface area contributed by atoms with Gasteiger partial charge in [-0.25, -0.2) is 0 Å². The fraction of sp³-hybridized carbons (Fsp3) is 0.542. The number of rotatable bonds is 5. The maximum atomic E-state index is 13.5. The predicted octanol–water partition coefficient (Wildman–Crippen LogP) is 3.88. The lowest BCUT2D eigenvalue weighted by Gasteiger charge is -2.35. The number of amides is 1. The van der Waals surface area contributed by atoms with Crippen molar-refractivity contribution in [3.63, 3.8) is 0 Å². The second-order valence-corrected chi connectivity index (χ2v) is 9.30. The van der Waals surface area contributed by atoms with Crippen LogP contribution in [0.2, 0.25) is 0 Å². The van der Waals surface area contributed by atoms with E-state index < -0.39 is 12.6 Å². The van der Waals surface area contributed by atoms with Crippen LogP contribution in [-0.4, -0.2) is 69.4 Å². The van der Waals surface area contributed by atoms with Gasteiger partial charge in [0.15, 0.2) is 0 Å². The fourth-order valence-corrected chi connectivity index (χ4v) is 4.96. The van der Waals surface area contributed by atoms with Gasteiger partial charge >= 0.3 is 6.18 Å². The number of hydrogen-bond donors (Lipinski definition) is 1. The molecule has 2 aliphatic rings. The molecular weight excluding hydrogens is 447 g/mol. The molecule has 0 atom stereocenters. The number of carbonyl (C=O) groups excluding carboxylic acids is 1. The van der Waals surface area contributed by atoms with Crippen LogP contribution in [0.15, 0.2) is 23.1 Å². The number of halogens is 3. The van der Waals surface area contributed by atoms with Crippen LogP contribution in [0.3, 0.4) is 0 Å². The van der Waals surface area contributed by atoms with Crippen molar-refractivity contribution >= 4 is 27.7 Å². The molecular formula is C24H28F3N5O2. The molecule has 182 valence electrons. The summed E-state index contributed by atoms with van der Waals surface area (Å²) >= 11 is 0. The molecule has 1 aliphatic heterocycles. The molecule has 2 aromatic heterocycles. The Balaban J connectivity index is 1.46. The molecule has 0 radical (unpaired) electrons. The zero-order chi connectivity index (χ0) is 24.0. The Kier molecular flexibility index (Phi) is 5.87. The molecule has 2 fully saturated rings. The standard InChI is InChI=1S/C24H28F3N5O2/c1-2-15-12-20-18(21-19(22(33)29-20)14-28-32(21)16-4-3-5-16)13-17(15)23(34)31-10-8-30(9-11-31)7-6-24(25,26)27/h12-14,16H,2-11H2,1H3,(H,29,33). The summed E-state index contributed by atoms with van der Waals surface area (Å²) in [6.45, 7) is 3.53. The molecule has 1 aromatic carbocycles. The normalized spacial score (nSPS) is 18.1. The molecule has 7 nitrogen and oxygen atoms in total. The number of pyridine rings is 1. The van der Waals surface area contributed by atoms with Crippen LogP contribution in [0, 0.1) is 0 Å². The number of H-pyrrole nitrogens is 1. The largest absolute Gasteiger partial charge is 0.390 e. The molecule has 34 heavy (non-hydrogen) atoms. The highest BCUT2D eigenvalue weighted by Gasteiger charge is 2.30. The second kappa shape index (κ2) is 8.72. The summed E-state index contributed by atoms with van der Waals surface area (Å²) in [5.74, 6) is -0.122. The molecule has 1 saturated carbocycles. The lowest BCUT2D eigenvalue weighted by molar-refractivity contribution is -0.138. The summed E-state index contributed by atoms with van der Waals surface area (Å²) in [5.41, 5.74) is 2.67. The van der Waals surface area contributed by atoms with Crippen LogP contribution in [-0.2, 0) is 6.42 Å². The van der Waals surface area contributed by atoms with Gasteiger partial charge in [-0.05, 0) is 43.4 Å². The Labute approximate surface area is 194 Å². The first-order chi connectivity index (χ1) is 16.2. The maximum absolute atomic E-state index is 13.5. The van der Waals surface area contributed by atoms with E-state index in [4.69, 9.17) is 0 Å². The Morgan fingerprint density at radius 1 is 1.15 bits per heavy atom. The lowest BCUT2D eigenvalue weighted by atomic mass is 9.93. The molecule has 5 rings (SSSR count). The SMILES string of the molecule is CCc1cc2[nH]c(=O)c3cnn(C4CCC4)c3c2cc1C(=O)N1CCN(CCC(F)(F)F)CC1. The number of hydrogen-bond acceptors (Lipinski definition) is 4. The Morgan fingerprint density at radius 2 is 1.88 bits per heavy atom. The maximum Gasteiger partial charge on any atom is 0.390 e. The third kappa shape index (κ3) is 4.19. The summed E-state index contributed by atoms with van der Waals surface area (Å²) in [6, 6.07) is 4.00. The van der Waals surface area contributed by atoms with E-state index >= 15 is 0 Å². The summed E-state index contributed by atoms with van der Waals surface area (Å²) in [6.07, 6.45) is 0.365. The number of carbonyl (C=O) groups is 1. The van der Waals surface area contributed by atoms with Crippen LogP contribution in [0.25, 0.3) is 21.8 Å². The highest BCUT2D eigenvalue weighted by molar-refractivity contribution is 6.07. The minimum absolute atomic E-state index is 0.0434. The monoisotopic (exact) mass is 475 g/mol. The first-order valence-corrected chi connectivity index (χ1v) is 11.9. The Bertz CT molecular complexity index is 1280. The van der Waals surface area contributed by atoms with Gasteiger partial charge in [0.1, 0.15) is 0 Å². The van der Waals surface area contributed by atoms with Gasteiger partial charge < -0.3 is 9.88 Å². The second-order valence-electron chi connectivity index (χ2n) is 9.30. The van der Waals surface area contributed by atoms with E-state index in [0.29, 0.717) is 49.1 Å². The van der Waals surface area contributed by atoms with E-state index in [-0.39, 0.29) is 24.1 Å². The van der Waals surface area contributed by atoms with Crippen molar-refractivity contribution in [2.24, 2.45) is 0 Å². The smallest absolute Gasteiger partial charge is 0.336 e. The molecule has 3 heterocycles. The van der Waals surface area contributed by atoms with E-state index in [0.717, 1.165) is 35.7 Å². The number of alkyl halides is 3. The molecule has 0 bridgehead atoms. The summed E-state index contributed by atoms with van der Waals surface area (Å²) in [4.78, 5) is 32.6. The third-order valence-electron chi connectivity index (χ3n) is 7.19. The first kappa shape index (κ1) is 22.9. The zero-order valence-electron chi connectivity index (χ0n) is 19.1. The van der Waals surface area contributed by atoms with E-state index in [1.54, 1.807) is 16.0 Å². The third-order valence-corrected chi connectivity index (χ3v) is 7.19. The number of aryl methyl sites for hydroxylation is 1. The Morgan fingerprint density at radius 3 is 2.50 bits per heavy atom. The van der Waals surface area contributed by atoms with Gasteiger partial charge in [-0.1, -0.05) is 6.92 Å². The van der Waals surface area contributed by atoms with Gasteiger partial charge in [0.2, 0.25) is 0 Å². The number of benzene rings is 1. The van der Waals surface area contributed by atoms with Gasteiger partial charge in [-0.2, -0.15) is 18.3 Å². The fourth-order valence-electron chi connectivity index (χ4n) is 4.96. The topological polar surface area (TPSA) is 74.2 Å². The van der Waals surface area contributed by atoms with E-state index in [1.807, 2.05) is 23.7 Å². The van der Waals surface area contributed by atoms with Crippen molar-refractivity contribution < 1.29 is 18.0 Å². The van der Waals surface area contributed by atoms with Crippen LogP contribution < -0.4 is 5.56 Å². The van der Waals surface area contributed by atoms with Gasteiger partial charge in [0, 0.05) is 43.7 Å². The predicted molar refractivity (Wildman–Crippen MR) is 123 cm³/mol. The summed E-state index contributed by atoms with van der Waals surface area (Å²) < 4.78 is 39.6. The van der Waals surface area contributed by atoms with Crippen molar-refractivity contribution in [2.75, 3.05) is 32.7 Å². The van der Waals surface area contributed by atoms with E-state index in [1.165, 1.54) is 0 Å². The number of piperazine rings is 1. The van der Waals surface area contributed by atoms with E-state index in [9.17, 15) is 22.8 Å². The van der Waals surface area contributed by atoms with Gasteiger partial charge in [0.05, 0.1) is 35.1 Å². The number of nitrogens with zero attached hydrogens (tertiary/aromatic N) is 4. The van der Waals surface area contributed by atoms with Crippen molar-refractivity contribution in [2.45, 2.75) is 51.2 Å².